The minimum absolute atomic E-state index is 0.0806. The lowest BCUT2D eigenvalue weighted by atomic mass is 10.1. The molecule has 34 heavy (non-hydrogen) atoms. The van der Waals surface area contributed by atoms with Gasteiger partial charge in [-0.2, -0.15) is 0 Å². The molecule has 0 N–H and O–H groups in total. The minimum Gasteiger partial charge on any atom is -0.493 e. The number of methoxy groups -OCH3 is 1. The van der Waals surface area contributed by atoms with Crippen LogP contribution in [-0.4, -0.2) is 17.3 Å². The van der Waals surface area contributed by atoms with Crippen LogP contribution >= 0.6 is 67.4 Å². The number of rotatable bonds is 6. The maximum Gasteiger partial charge on any atom is 0.270 e. The number of hydrogen-bond donors (Lipinski definition) is 0. The van der Waals surface area contributed by atoms with Gasteiger partial charge in [0, 0.05) is 4.47 Å². The molecule has 0 saturated carbocycles. The van der Waals surface area contributed by atoms with E-state index in [1.54, 1.807) is 19.3 Å². The molecule has 0 radical (unpaired) electrons. The van der Waals surface area contributed by atoms with Gasteiger partial charge in [0.15, 0.2) is 15.8 Å². The van der Waals surface area contributed by atoms with Crippen molar-refractivity contribution in [3.05, 3.63) is 90.4 Å². The average molecular weight is 644 g/mol. The highest BCUT2D eigenvalue weighted by Gasteiger charge is 2.33. The molecule has 3 aromatic rings. The SMILES string of the molecule is COc1cc(C=C2SC(=S)N(c3ccc(F)c(Cl)c3)C2=O)cc(Br)c1OCc1ccc(Br)cc1. The van der Waals surface area contributed by atoms with Gasteiger partial charge >= 0.3 is 0 Å². The monoisotopic (exact) mass is 641 g/mol. The van der Waals surface area contributed by atoms with Gasteiger partial charge in [-0.15, -0.1) is 0 Å². The van der Waals surface area contributed by atoms with E-state index in [1.807, 2.05) is 30.3 Å². The maximum atomic E-state index is 13.5. The number of hydrogen-bond acceptors (Lipinski definition) is 5. The Labute approximate surface area is 227 Å². The summed E-state index contributed by atoms with van der Waals surface area (Å²) in [5.41, 5.74) is 2.14. The van der Waals surface area contributed by atoms with Crippen LogP contribution in [0.3, 0.4) is 0 Å². The zero-order valence-corrected chi connectivity index (χ0v) is 23.0. The van der Waals surface area contributed by atoms with E-state index in [4.69, 9.17) is 33.3 Å². The Morgan fingerprint density at radius 1 is 1.15 bits per heavy atom. The van der Waals surface area contributed by atoms with Gasteiger partial charge in [0.25, 0.3) is 5.91 Å². The summed E-state index contributed by atoms with van der Waals surface area (Å²) in [7, 11) is 1.55. The minimum atomic E-state index is -0.564. The third-order valence-corrected chi connectivity index (χ3v) is 7.51. The van der Waals surface area contributed by atoms with Gasteiger partial charge in [-0.3, -0.25) is 9.69 Å². The summed E-state index contributed by atoms with van der Waals surface area (Å²) in [6.45, 7) is 0.362. The molecule has 1 fully saturated rings. The molecule has 1 aliphatic heterocycles. The van der Waals surface area contributed by atoms with E-state index in [2.05, 4.69) is 31.9 Å². The Hall–Kier alpha value is -1.91. The Kier molecular flexibility index (Phi) is 7.99. The molecule has 10 heteroatoms. The average Bonchev–Trinajstić information content (AvgIpc) is 3.08. The number of carbonyl (C=O) groups excluding carboxylic acids is 1. The second-order valence-electron chi connectivity index (χ2n) is 7.06. The van der Waals surface area contributed by atoms with Crippen LogP contribution in [0.15, 0.2) is 68.4 Å². The first-order valence-electron chi connectivity index (χ1n) is 9.74. The quantitative estimate of drug-likeness (QED) is 0.201. The van der Waals surface area contributed by atoms with Crippen LogP contribution in [0.2, 0.25) is 5.02 Å². The number of halogens is 4. The fourth-order valence-electron chi connectivity index (χ4n) is 3.17. The number of thiocarbonyl (C=S) groups is 1. The molecule has 1 saturated heterocycles. The van der Waals surface area contributed by atoms with E-state index in [0.29, 0.717) is 37.5 Å². The lowest BCUT2D eigenvalue weighted by Gasteiger charge is -2.15. The van der Waals surface area contributed by atoms with Crippen molar-refractivity contribution in [3.63, 3.8) is 0 Å². The summed E-state index contributed by atoms with van der Waals surface area (Å²) < 4.78 is 27.1. The first-order chi connectivity index (χ1) is 16.3. The lowest BCUT2D eigenvalue weighted by molar-refractivity contribution is -0.113. The Morgan fingerprint density at radius 2 is 1.88 bits per heavy atom. The zero-order valence-electron chi connectivity index (χ0n) is 17.5. The standard InChI is InChI=1S/C24H15Br2ClFNO3S2/c1-31-20-9-14(8-17(26)22(20)32-12-13-2-4-15(25)5-3-13)10-21-23(30)29(24(33)34-21)16-6-7-19(28)18(27)11-16/h2-11H,12H2,1H3. The molecule has 1 heterocycles. The molecule has 1 amide bonds. The van der Waals surface area contributed by atoms with Crippen molar-refractivity contribution in [1.29, 1.82) is 0 Å². The van der Waals surface area contributed by atoms with Gasteiger partial charge < -0.3 is 9.47 Å². The van der Waals surface area contributed by atoms with Crippen molar-refractivity contribution in [2.24, 2.45) is 0 Å². The lowest BCUT2D eigenvalue weighted by Crippen LogP contribution is -2.27. The smallest absolute Gasteiger partial charge is 0.270 e. The molecule has 0 unspecified atom stereocenters. The van der Waals surface area contributed by atoms with Crippen LogP contribution in [0.25, 0.3) is 6.08 Å². The van der Waals surface area contributed by atoms with Crippen molar-refractivity contribution < 1.29 is 18.7 Å². The van der Waals surface area contributed by atoms with E-state index in [9.17, 15) is 9.18 Å². The summed E-state index contributed by atoms with van der Waals surface area (Å²) in [6.07, 6.45) is 1.72. The molecular formula is C24H15Br2ClFNO3S2. The maximum absolute atomic E-state index is 13.5. The van der Waals surface area contributed by atoms with Crippen LogP contribution in [-0.2, 0) is 11.4 Å². The molecular weight excluding hydrogens is 629 g/mol. The highest BCUT2D eigenvalue weighted by Crippen LogP contribution is 2.41. The summed E-state index contributed by atoms with van der Waals surface area (Å²) in [6, 6.07) is 15.5. The van der Waals surface area contributed by atoms with Gasteiger partial charge in [-0.05, 0) is 75.6 Å². The zero-order chi connectivity index (χ0) is 24.4. The number of thioether (sulfide) groups is 1. The number of anilines is 1. The van der Waals surface area contributed by atoms with Crippen molar-refractivity contribution in [1.82, 2.24) is 0 Å². The van der Waals surface area contributed by atoms with Crippen LogP contribution in [0.1, 0.15) is 11.1 Å². The summed E-state index contributed by atoms with van der Waals surface area (Å²) in [4.78, 5) is 14.8. The predicted molar refractivity (Wildman–Crippen MR) is 146 cm³/mol. The number of nitrogens with zero attached hydrogens (tertiary/aromatic N) is 1. The van der Waals surface area contributed by atoms with E-state index < -0.39 is 5.82 Å². The molecule has 174 valence electrons. The summed E-state index contributed by atoms with van der Waals surface area (Å²) >= 11 is 19.4. The Morgan fingerprint density at radius 3 is 2.56 bits per heavy atom. The molecule has 3 aromatic carbocycles. The topological polar surface area (TPSA) is 38.8 Å². The molecule has 0 aromatic heterocycles. The predicted octanol–water partition coefficient (Wildman–Crippen LogP) is 8.00. The van der Waals surface area contributed by atoms with E-state index in [1.165, 1.54) is 23.1 Å². The fraction of sp³-hybridized carbons (Fsp3) is 0.0833. The van der Waals surface area contributed by atoms with Crippen molar-refractivity contribution in [2.45, 2.75) is 6.61 Å². The van der Waals surface area contributed by atoms with E-state index >= 15 is 0 Å². The molecule has 1 aliphatic rings. The highest BCUT2D eigenvalue weighted by molar-refractivity contribution is 9.10. The summed E-state index contributed by atoms with van der Waals surface area (Å²) in [5.74, 6) is 0.184. The van der Waals surface area contributed by atoms with Gasteiger partial charge in [-0.25, -0.2) is 4.39 Å². The van der Waals surface area contributed by atoms with Gasteiger partial charge in [0.2, 0.25) is 0 Å². The largest absolute Gasteiger partial charge is 0.493 e. The van der Waals surface area contributed by atoms with Crippen molar-refractivity contribution in [2.75, 3.05) is 12.0 Å². The summed E-state index contributed by atoms with van der Waals surface area (Å²) in [5, 5.41) is -0.0806. The van der Waals surface area contributed by atoms with Crippen LogP contribution in [0.5, 0.6) is 11.5 Å². The van der Waals surface area contributed by atoms with Gasteiger partial charge in [-0.1, -0.05) is 63.6 Å². The normalized spacial score (nSPS) is 14.7. The number of carbonyl (C=O) groups is 1. The second kappa shape index (κ2) is 10.8. The number of ether oxygens (including phenoxy) is 2. The number of benzene rings is 3. The molecule has 4 rings (SSSR count). The van der Waals surface area contributed by atoms with Crippen LogP contribution in [0.4, 0.5) is 10.1 Å². The van der Waals surface area contributed by atoms with Crippen molar-refractivity contribution in [3.8, 4) is 11.5 Å². The Balaban J connectivity index is 1.58. The van der Waals surface area contributed by atoms with Crippen LogP contribution < -0.4 is 14.4 Å². The van der Waals surface area contributed by atoms with Gasteiger partial charge in [0.05, 0.1) is 27.2 Å². The first-order valence-corrected chi connectivity index (χ1v) is 12.9. The third-order valence-electron chi connectivity index (χ3n) is 4.80. The molecule has 0 aliphatic carbocycles. The molecule has 0 atom stereocenters. The third kappa shape index (κ3) is 5.49. The first kappa shape index (κ1) is 25.2. The molecule has 0 bridgehead atoms. The van der Waals surface area contributed by atoms with E-state index in [0.717, 1.165) is 27.4 Å². The number of amides is 1. The molecule has 4 nitrogen and oxygen atoms in total. The Bertz CT molecular complexity index is 1320. The molecule has 0 spiro atoms. The van der Waals surface area contributed by atoms with Crippen molar-refractivity contribution >= 4 is 89.4 Å². The van der Waals surface area contributed by atoms with Crippen LogP contribution in [0, 0.1) is 5.82 Å². The second-order valence-corrected chi connectivity index (χ2v) is 10.9. The van der Waals surface area contributed by atoms with Gasteiger partial charge in [0.1, 0.15) is 12.4 Å². The fourth-order valence-corrected chi connectivity index (χ4v) is 5.48. The van der Waals surface area contributed by atoms with E-state index in [-0.39, 0.29) is 10.9 Å². The highest BCUT2D eigenvalue weighted by atomic mass is 79.9.